The molecular weight excluding hydrogens is 488 g/mol. The van der Waals surface area contributed by atoms with Gasteiger partial charge in [0.2, 0.25) is 11.8 Å². The number of carbonyl (C=O) groups is 2. The average molecular weight is 523 g/mol. The van der Waals surface area contributed by atoms with E-state index in [1.54, 1.807) is 16.7 Å². The normalized spacial score (nSPS) is 11.8. The van der Waals surface area contributed by atoms with Crippen LogP contribution in [-0.4, -0.2) is 35.1 Å². The van der Waals surface area contributed by atoms with Crippen molar-refractivity contribution in [3.63, 3.8) is 0 Å². The molecule has 0 aliphatic carbocycles. The van der Waals surface area contributed by atoms with Gasteiger partial charge in [-0.2, -0.15) is 0 Å². The first-order valence-corrected chi connectivity index (χ1v) is 13.8. The van der Waals surface area contributed by atoms with Crippen molar-refractivity contribution in [1.82, 2.24) is 10.2 Å². The average Bonchev–Trinajstić information content (AvgIpc) is 2.89. The van der Waals surface area contributed by atoms with E-state index in [0.29, 0.717) is 36.9 Å². The second-order valence-corrected chi connectivity index (χ2v) is 10.9. The van der Waals surface area contributed by atoms with Crippen molar-refractivity contribution in [2.75, 3.05) is 12.3 Å². The summed E-state index contributed by atoms with van der Waals surface area (Å²) in [5, 5.41) is 3.78. The van der Waals surface area contributed by atoms with Gasteiger partial charge in [-0.3, -0.25) is 9.59 Å². The molecule has 3 aromatic carbocycles. The molecule has 1 atom stereocenters. The van der Waals surface area contributed by atoms with Crippen LogP contribution in [0.5, 0.6) is 0 Å². The van der Waals surface area contributed by atoms with Gasteiger partial charge in [-0.25, -0.2) is 0 Å². The lowest BCUT2D eigenvalue weighted by atomic mass is 10.0. The Morgan fingerprint density at radius 2 is 1.50 bits per heavy atom. The van der Waals surface area contributed by atoms with Crippen molar-refractivity contribution in [1.29, 1.82) is 0 Å². The van der Waals surface area contributed by atoms with Crippen LogP contribution in [0.2, 0.25) is 5.02 Å². The summed E-state index contributed by atoms with van der Waals surface area (Å²) in [5.74, 6) is 1.04. The van der Waals surface area contributed by atoms with Crippen LogP contribution in [0.15, 0.2) is 89.8 Å². The van der Waals surface area contributed by atoms with Crippen molar-refractivity contribution >= 4 is 35.2 Å². The van der Waals surface area contributed by atoms with Gasteiger partial charge in [-0.15, -0.1) is 11.8 Å². The number of amides is 2. The Hall–Kier alpha value is -2.76. The molecule has 6 heteroatoms. The highest BCUT2D eigenvalue weighted by Gasteiger charge is 2.30. The molecule has 0 bridgehead atoms. The Morgan fingerprint density at radius 3 is 2.11 bits per heavy atom. The van der Waals surface area contributed by atoms with Gasteiger partial charge < -0.3 is 10.2 Å². The van der Waals surface area contributed by atoms with Crippen LogP contribution in [-0.2, 0) is 22.6 Å². The summed E-state index contributed by atoms with van der Waals surface area (Å²) < 4.78 is 0. The van der Waals surface area contributed by atoms with Crippen molar-refractivity contribution in [2.24, 2.45) is 5.92 Å². The summed E-state index contributed by atoms with van der Waals surface area (Å²) in [4.78, 5) is 29.9. The minimum Gasteiger partial charge on any atom is -0.354 e. The number of carbonyl (C=O) groups excluding carboxylic acids is 2. The van der Waals surface area contributed by atoms with E-state index in [4.69, 9.17) is 11.6 Å². The summed E-state index contributed by atoms with van der Waals surface area (Å²) in [6, 6.07) is 27.0. The molecule has 0 spiro atoms. The zero-order chi connectivity index (χ0) is 25.8. The fourth-order valence-corrected chi connectivity index (χ4v) is 4.82. The van der Waals surface area contributed by atoms with E-state index in [-0.39, 0.29) is 11.8 Å². The molecule has 0 radical (unpaired) electrons. The molecule has 3 aromatic rings. The molecule has 4 nitrogen and oxygen atoms in total. The number of halogens is 1. The lowest BCUT2D eigenvalue weighted by Crippen LogP contribution is -2.51. The van der Waals surface area contributed by atoms with Gasteiger partial charge in [0.25, 0.3) is 0 Å². The highest BCUT2D eigenvalue weighted by molar-refractivity contribution is 7.99. The monoisotopic (exact) mass is 522 g/mol. The quantitative estimate of drug-likeness (QED) is 0.202. The largest absolute Gasteiger partial charge is 0.354 e. The standard InChI is InChI=1S/C30H35ClN2O2S/c1-23(2)21-32-30(35)28(20-24-10-5-3-6-11-24)33(22-25-12-7-4-8-13-25)29(34)14-9-19-36-27-17-15-26(31)16-18-27/h3-8,10-13,15-18,23,28H,9,14,19-22H2,1-2H3,(H,32,35)/t28-/m1/s1. The van der Waals surface area contributed by atoms with Crippen LogP contribution in [0.1, 0.15) is 37.8 Å². The lowest BCUT2D eigenvalue weighted by Gasteiger charge is -2.32. The topological polar surface area (TPSA) is 49.4 Å². The smallest absolute Gasteiger partial charge is 0.243 e. The van der Waals surface area contributed by atoms with E-state index in [0.717, 1.165) is 28.2 Å². The fourth-order valence-electron chi connectivity index (χ4n) is 3.84. The van der Waals surface area contributed by atoms with Crippen molar-refractivity contribution < 1.29 is 9.59 Å². The summed E-state index contributed by atoms with van der Waals surface area (Å²) in [6.45, 7) is 5.11. The third-order valence-corrected chi connectivity index (χ3v) is 7.12. The van der Waals surface area contributed by atoms with Crippen molar-refractivity contribution in [3.8, 4) is 0 Å². The zero-order valence-corrected chi connectivity index (χ0v) is 22.6. The van der Waals surface area contributed by atoms with Gasteiger partial charge in [0.15, 0.2) is 0 Å². The van der Waals surface area contributed by atoms with Crippen LogP contribution in [0.25, 0.3) is 0 Å². The third-order valence-electron chi connectivity index (χ3n) is 5.77. The lowest BCUT2D eigenvalue weighted by molar-refractivity contribution is -0.141. The highest BCUT2D eigenvalue weighted by atomic mass is 35.5. The first kappa shape index (κ1) is 27.8. The van der Waals surface area contributed by atoms with Crippen molar-refractivity contribution in [3.05, 3.63) is 101 Å². The van der Waals surface area contributed by atoms with Gasteiger partial charge >= 0.3 is 0 Å². The minimum atomic E-state index is -0.581. The minimum absolute atomic E-state index is 0.00353. The second-order valence-electron chi connectivity index (χ2n) is 9.26. The molecule has 0 unspecified atom stereocenters. The molecule has 190 valence electrons. The van der Waals surface area contributed by atoms with Gasteiger partial charge in [0, 0.05) is 35.8 Å². The van der Waals surface area contributed by atoms with Crippen LogP contribution < -0.4 is 5.32 Å². The molecule has 0 aromatic heterocycles. The highest BCUT2D eigenvalue weighted by Crippen LogP contribution is 2.22. The SMILES string of the molecule is CC(C)CNC(=O)[C@@H](Cc1ccccc1)N(Cc1ccccc1)C(=O)CCCSc1ccc(Cl)cc1. The molecule has 0 aliphatic heterocycles. The number of hydrogen-bond acceptors (Lipinski definition) is 3. The molecule has 36 heavy (non-hydrogen) atoms. The molecule has 0 fully saturated rings. The van der Waals surface area contributed by atoms with E-state index >= 15 is 0 Å². The molecule has 1 N–H and O–H groups in total. The Kier molecular flexibility index (Phi) is 11.4. The Labute approximate surface area is 224 Å². The van der Waals surface area contributed by atoms with Crippen LogP contribution in [0, 0.1) is 5.92 Å². The number of benzene rings is 3. The van der Waals surface area contributed by atoms with E-state index in [9.17, 15) is 9.59 Å². The number of thioether (sulfide) groups is 1. The second kappa shape index (κ2) is 14.7. The van der Waals surface area contributed by atoms with Gasteiger partial charge in [-0.05, 0) is 53.5 Å². The summed E-state index contributed by atoms with van der Waals surface area (Å²) in [6.07, 6.45) is 1.59. The maximum atomic E-state index is 13.6. The molecule has 3 rings (SSSR count). The summed E-state index contributed by atoms with van der Waals surface area (Å²) in [5.41, 5.74) is 2.04. The summed E-state index contributed by atoms with van der Waals surface area (Å²) >= 11 is 7.68. The van der Waals surface area contributed by atoms with Gasteiger partial charge in [0.05, 0.1) is 0 Å². The van der Waals surface area contributed by atoms with E-state index in [2.05, 4.69) is 19.2 Å². The predicted octanol–water partition coefficient (Wildman–Crippen LogP) is 6.62. The zero-order valence-electron chi connectivity index (χ0n) is 21.0. The molecular formula is C30H35ClN2O2S. The van der Waals surface area contributed by atoms with Crippen LogP contribution >= 0.6 is 23.4 Å². The fraction of sp³-hybridized carbons (Fsp3) is 0.333. The van der Waals surface area contributed by atoms with Crippen LogP contribution in [0.3, 0.4) is 0 Å². The molecule has 2 amide bonds. The van der Waals surface area contributed by atoms with Gasteiger partial charge in [-0.1, -0.05) is 86.1 Å². The maximum absolute atomic E-state index is 13.6. The third kappa shape index (κ3) is 9.36. The van der Waals surface area contributed by atoms with E-state index in [1.807, 2.05) is 84.9 Å². The molecule has 0 heterocycles. The first-order valence-electron chi connectivity index (χ1n) is 12.5. The van der Waals surface area contributed by atoms with Crippen LogP contribution in [0.4, 0.5) is 0 Å². The first-order chi connectivity index (χ1) is 17.4. The predicted molar refractivity (Wildman–Crippen MR) is 150 cm³/mol. The van der Waals surface area contributed by atoms with Crippen molar-refractivity contribution in [2.45, 2.75) is 50.6 Å². The number of nitrogens with zero attached hydrogens (tertiary/aromatic N) is 1. The Morgan fingerprint density at radius 1 is 0.889 bits per heavy atom. The van der Waals surface area contributed by atoms with E-state index in [1.165, 1.54) is 0 Å². The Balaban J connectivity index is 1.75. The number of rotatable bonds is 13. The molecule has 0 aliphatic rings. The number of nitrogens with one attached hydrogen (secondary N) is 1. The van der Waals surface area contributed by atoms with E-state index < -0.39 is 6.04 Å². The molecule has 0 saturated carbocycles. The Bertz CT molecular complexity index is 1080. The summed E-state index contributed by atoms with van der Waals surface area (Å²) in [7, 11) is 0. The maximum Gasteiger partial charge on any atom is 0.243 e. The number of hydrogen-bond donors (Lipinski definition) is 1. The van der Waals surface area contributed by atoms with Gasteiger partial charge in [0.1, 0.15) is 6.04 Å². The molecule has 0 saturated heterocycles.